The van der Waals surface area contributed by atoms with Crippen LogP contribution in [0.25, 0.3) is 0 Å². The first-order chi connectivity index (χ1) is 17.6. The highest BCUT2D eigenvalue weighted by Gasteiger charge is 2.51. The van der Waals surface area contributed by atoms with Crippen molar-refractivity contribution in [2.24, 2.45) is 5.92 Å². The number of likely N-dealkylation sites (tertiary alicyclic amines) is 2. The first-order valence-corrected chi connectivity index (χ1v) is 14.1. The van der Waals surface area contributed by atoms with Crippen LogP contribution in [0.1, 0.15) is 96.2 Å². The molecule has 5 rings (SSSR count). The van der Waals surface area contributed by atoms with Crippen LogP contribution >= 0.6 is 0 Å². The molecule has 0 unspecified atom stereocenters. The molecule has 2 saturated heterocycles. The van der Waals surface area contributed by atoms with Gasteiger partial charge in [-0.3, -0.25) is 9.69 Å². The van der Waals surface area contributed by atoms with Crippen molar-refractivity contribution in [1.29, 1.82) is 0 Å². The monoisotopic (exact) mass is 526 g/mol. The van der Waals surface area contributed by atoms with Crippen LogP contribution in [0.4, 0.5) is 13.2 Å². The van der Waals surface area contributed by atoms with Crippen LogP contribution in [-0.2, 0) is 14.9 Å². The van der Waals surface area contributed by atoms with E-state index in [9.17, 15) is 9.18 Å². The third-order valence-electron chi connectivity index (χ3n) is 9.05. The number of amides is 1. The molecule has 1 amide bonds. The molecular formula is C27H41F3N4O3. The number of rotatable bonds is 7. The number of hydrogen-bond acceptors (Lipinski definition) is 6. The Labute approximate surface area is 217 Å². The summed E-state index contributed by atoms with van der Waals surface area (Å²) in [5, 5.41) is 4.10. The van der Waals surface area contributed by atoms with Crippen molar-refractivity contribution < 1.29 is 27.2 Å². The SMILES string of the molecule is CC(C)OC1CCN([C@H]2CCCC(F)(F)[C@@H]2CC(=O)N2CCC(C)(c3noc([C@@H]4C[C@@H]4F)n3)CC2)CC1. The van der Waals surface area contributed by atoms with E-state index in [0.29, 0.717) is 56.9 Å². The molecule has 2 aliphatic carbocycles. The van der Waals surface area contributed by atoms with Gasteiger partial charge in [0, 0.05) is 56.4 Å². The second-order valence-electron chi connectivity index (χ2n) is 12.2. The maximum absolute atomic E-state index is 15.2. The second kappa shape index (κ2) is 10.5. The lowest BCUT2D eigenvalue weighted by Crippen LogP contribution is -2.55. The van der Waals surface area contributed by atoms with Gasteiger partial charge in [-0.15, -0.1) is 0 Å². The van der Waals surface area contributed by atoms with Gasteiger partial charge in [-0.1, -0.05) is 12.1 Å². The van der Waals surface area contributed by atoms with Crippen LogP contribution in [0.3, 0.4) is 0 Å². The summed E-state index contributed by atoms with van der Waals surface area (Å²) in [5.41, 5.74) is -0.376. The van der Waals surface area contributed by atoms with Crippen LogP contribution in [0.15, 0.2) is 4.52 Å². The molecule has 4 atom stereocenters. The lowest BCUT2D eigenvalue weighted by molar-refractivity contribution is -0.152. The summed E-state index contributed by atoms with van der Waals surface area (Å²) < 4.78 is 55.0. The van der Waals surface area contributed by atoms with Gasteiger partial charge in [0.25, 0.3) is 5.92 Å². The number of aromatic nitrogens is 2. The van der Waals surface area contributed by atoms with Crippen molar-refractivity contribution in [3.63, 3.8) is 0 Å². The van der Waals surface area contributed by atoms with Crippen molar-refractivity contribution in [1.82, 2.24) is 19.9 Å². The van der Waals surface area contributed by atoms with Gasteiger partial charge >= 0.3 is 0 Å². The second-order valence-corrected chi connectivity index (χ2v) is 12.2. The van der Waals surface area contributed by atoms with Crippen LogP contribution in [0, 0.1) is 5.92 Å². The van der Waals surface area contributed by atoms with E-state index in [0.717, 1.165) is 25.9 Å². The number of carbonyl (C=O) groups excluding carboxylic acids is 1. The number of carbonyl (C=O) groups is 1. The normalized spacial score (nSPS) is 32.6. The summed E-state index contributed by atoms with van der Waals surface area (Å²) in [6.45, 7) is 8.48. The number of piperidine rings is 2. The minimum Gasteiger partial charge on any atom is -0.375 e. The quantitative estimate of drug-likeness (QED) is 0.506. The van der Waals surface area contributed by atoms with Crippen LogP contribution in [0.5, 0.6) is 0 Å². The summed E-state index contributed by atoms with van der Waals surface area (Å²) in [6.07, 6.45) is 3.73. The fraction of sp³-hybridized carbons (Fsp3) is 0.889. The van der Waals surface area contributed by atoms with E-state index in [2.05, 4.69) is 15.0 Å². The molecule has 0 aromatic carbocycles. The molecule has 0 spiro atoms. The Morgan fingerprint density at radius 3 is 2.43 bits per heavy atom. The van der Waals surface area contributed by atoms with Gasteiger partial charge in [0.05, 0.1) is 18.1 Å². The Bertz CT molecular complexity index is 941. The molecule has 1 aromatic rings. The Morgan fingerprint density at radius 2 is 1.81 bits per heavy atom. The molecule has 4 aliphatic rings. The van der Waals surface area contributed by atoms with E-state index in [1.54, 1.807) is 4.90 Å². The zero-order valence-electron chi connectivity index (χ0n) is 22.3. The molecular weight excluding hydrogens is 485 g/mol. The topological polar surface area (TPSA) is 71.7 Å². The highest BCUT2D eigenvalue weighted by molar-refractivity contribution is 5.76. The fourth-order valence-corrected chi connectivity index (χ4v) is 6.51. The minimum atomic E-state index is -2.84. The molecule has 2 aliphatic heterocycles. The van der Waals surface area contributed by atoms with E-state index in [1.165, 1.54) is 0 Å². The summed E-state index contributed by atoms with van der Waals surface area (Å²) in [5.74, 6) is -3.37. The molecule has 37 heavy (non-hydrogen) atoms. The highest BCUT2D eigenvalue weighted by Crippen LogP contribution is 2.45. The first-order valence-electron chi connectivity index (χ1n) is 14.1. The lowest BCUT2D eigenvalue weighted by Gasteiger charge is -2.46. The van der Waals surface area contributed by atoms with Gasteiger partial charge in [-0.25, -0.2) is 13.2 Å². The van der Waals surface area contributed by atoms with Crippen molar-refractivity contribution in [2.75, 3.05) is 26.2 Å². The summed E-state index contributed by atoms with van der Waals surface area (Å²) in [6, 6.07) is -0.276. The Morgan fingerprint density at radius 1 is 1.14 bits per heavy atom. The van der Waals surface area contributed by atoms with E-state index in [-0.39, 0.29) is 48.3 Å². The van der Waals surface area contributed by atoms with Crippen molar-refractivity contribution >= 4 is 5.91 Å². The molecule has 4 fully saturated rings. The van der Waals surface area contributed by atoms with E-state index >= 15 is 8.78 Å². The lowest BCUT2D eigenvalue weighted by atomic mass is 9.76. The fourth-order valence-electron chi connectivity index (χ4n) is 6.51. The van der Waals surface area contributed by atoms with Gasteiger partial charge in [-0.05, 0) is 58.8 Å². The van der Waals surface area contributed by atoms with Crippen LogP contribution in [0.2, 0.25) is 0 Å². The molecule has 208 valence electrons. The Balaban J connectivity index is 1.18. The predicted octanol–water partition coefficient (Wildman–Crippen LogP) is 4.86. The third-order valence-corrected chi connectivity index (χ3v) is 9.05. The van der Waals surface area contributed by atoms with E-state index in [1.807, 2.05) is 20.8 Å². The van der Waals surface area contributed by atoms with Gasteiger partial charge in [0.2, 0.25) is 11.8 Å². The van der Waals surface area contributed by atoms with Crippen molar-refractivity contribution in [3.8, 4) is 0 Å². The maximum atomic E-state index is 15.2. The molecule has 0 radical (unpaired) electrons. The Kier molecular flexibility index (Phi) is 7.62. The van der Waals surface area contributed by atoms with Gasteiger partial charge < -0.3 is 14.2 Å². The summed E-state index contributed by atoms with van der Waals surface area (Å²) in [7, 11) is 0. The standard InChI is InChI=1S/C27H41F3N4O3/c1-17(2)36-18-6-11-33(12-7-18)22-5-4-8-27(29,30)20(22)16-23(35)34-13-9-26(3,10-14-34)25-31-24(37-32-25)19-15-21(19)28/h17-22H,4-16H2,1-3H3/t19-,20-,21+,22+/m1/s1. The minimum absolute atomic E-state index is 0.122. The number of hydrogen-bond donors (Lipinski definition) is 0. The van der Waals surface area contributed by atoms with E-state index < -0.39 is 18.0 Å². The molecule has 0 bridgehead atoms. The van der Waals surface area contributed by atoms with Crippen LogP contribution in [-0.4, -0.2) is 82.4 Å². The van der Waals surface area contributed by atoms with Gasteiger partial charge in [0.15, 0.2) is 5.82 Å². The number of nitrogens with zero attached hydrogens (tertiary/aromatic N) is 4. The van der Waals surface area contributed by atoms with Crippen LogP contribution < -0.4 is 0 Å². The Hall–Kier alpha value is -1.68. The smallest absolute Gasteiger partial charge is 0.252 e. The molecule has 10 heteroatoms. The molecule has 1 aromatic heterocycles. The molecule has 0 N–H and O–H groups in total. The average molecular weight is 527 g/mol. The molecule has 2 saturated carbocycles. The third kappa shape index (κ3) is 5.84. The summed E-state index contributed by atoms with van der Waals surface area (Å²) >= 11 is 0. The van der Waals surface area contributed by atoms with E-state index in [4.69, 9.17) is 9.26 Å². The number of alkyl halides is 3. The summed E-state index contributed by atoms with van der Waals surface area (Å²) in [4.78, 5) is 21.7. The number of ether oxygens (including phenoxy) is 1. The van der Waals surface area contributed by atoms with Gasteiger partial charge in [-0.2, -0.15) is 4.98 Å². The zero-order valence-corrected chi connectivity index (χ0v) is 22.3. The molecule has 3 heterocycles. The van der Waals surface area contributed by atoms with Gasteiger partial charge in [0.1, 0.15) is 6.17 Å². The largest absolute Gasteiger partial charge is 0.375 e. The van der Waals surface area contributed by atoms with Crippen molar-refractivity contribution in [3.05, 3.63) is 11.7 Å². The highest BCUT2D eigenvalue weighted by atomic mass is 19.3. The zero-order chi connectivity index (χ0) is 26.4. The van der Waals surface area contributed by atoms with Crippen molar-refractivity contribution in [2.45, 2.75) is 120 Å². The molecule has 7 nitrogen and oxygen atoms in total. The first kappa shape index (κ1) is 26.9. The maximum Gasteiger partial charge on any atom is 0.252 e. The number of halogens is 3. The predicted molar refractivity (Wildman–Crippen MR) is 131 cm³/mol. The average Bonchev–Trinajstić information content (AvgIpc) is 3.36.